The Labute approximate surface area is 129 Å². The highest BCUT2D eigenvalue weighted by molar-refractivity contribution is 5.83. The summed E-state index contributed by atoms with van der Waals surface area (Å²) in [5.41, 5.74) is 4.12. The van der Waals surface area contributed by atoms with Crippen molar-refractivity contribution in [1.29, 1.82) is 0 Å². The highest BCUT2D eigenvalue weighted by Crippen LogP contribution is 2.33. The Morgan fingerprint density at radius 1 is 0.727 bits per heavy atom. The van der Waals surface area contributed by atoms with Crippen LogP contribution in [0, 0.1) is 11.6 Å². The quantitative estimate of drug-likeness (QED) is 0.567. The highest BCUT2D eigenvalue weighted by Gasteiger charge is 2.11. The highest BCUT2D eigenvalue weighted by atomic mass is 19.1. The first kappa shape index (κ1) is 14.5. The van der Waals surface area contributed by atoms with Gasteiger partial charge in [-0.25, -0.2) is 8.78 Å². The molecule has 110 valence electrons. The van der Waals surface area contributed by atoms with E-state index in [1.807, 2.05) is 43.3 Å². The number of hydrogen-bond donors (Lipinski definition) is 0. The predicted octanol–water partition coefficient (Wildman–Crippen LogP) is 5.86. The molecule has 0 radical (unpaired) electrons. The predicted molar refractivity (Wildman–Crippen MR) is 86.6 cm³/mol. The Morgan fingerprint density at radius 2 is 1.41 bits per heavy atom. The zero-order valence-electron chi connectivity index (χ0n) is 12.3. The lowest BCUT2D eigenvalue weighted by atomic mass is 9.93. The molecule has 3 aromatic carbocycles. The summed E-state index contributed by atoms with van der Waals surface area (Å²) < 4.78 is 27.5. The van der Waals surface area contributed by atoms with Crippen molar-refractivity contribution in [3.63, 3.8) is 0 Å². The van der Waals surface area contributed by atoms with Crippen LogP contribution in [0.3, 0.4) is 0 Å². The van der Waals surface area contributed by atoms with Crippen molar-refractivity contribution in [2.45, 2.75) is 13.3 Å². The lowest BCUT2D eigenvalue weighted by molar-refractivity contribution is 0.627. The first-order valence-electron chi connectivity index (χ1n) is 7.33. The minimum atomic E-state index is -0.278. The van der Waals surface area contributed by atoms with Gasteiger partial charge < -0.3 is 0 Å². The summed E-state index contributed by atoms with van der Waals surface area (Å²) in [6.45, 7) is 2.00. The van der Waals surface area contributed by atoms with Gasteiger partial charge in [-0.2, -0.15) is 0 Å². The largest absolute Gasteiger partial charge is 0.207 e. The average Bonchev–Trinajstić information content (AvgIpc) is 2.55. The molecule has 0 aliphatic heterocycles. The maximum Gasteiger partial charge on any atom is 0.131 e. The summed E-state index contributed by atoms with van der Waals surface area (Å²) in [6.07, 6.45) is 0.802. The van der Waals surface area contributed by atoms with Gasteiger partial charge in [0, 0.05) is 5.56 Å². The second-order valence-corrected chi connectivity index (χ2v) is 5.22. The van der Waals surface area contributed by atoms with Crippen LogP contribution in [0.25, 0.3) is 22.3 Å². The molecule has 0 fully saturated rings. The Kier molecular flexibility index (Phi) is 4.01. The number of hydrogen-bond acceptors (Lipinski definition) is 0. The molecule has 3 rings (SSSR count). The smallest absolute Gasteiger partial charge is 0.131 e. The van der Waals surface area contributed by atoms with E-state index < -0.39 is 0 Å². The van der Waals surface area contributed by atoms with Gasteiger partial charge in [0.15, 0.2) is 0 Å². The van der Waals surface area contributed by atoms with Gasteiger partial charge in [-0.1, -0.05) is 55.5 Å². The Morgan fingerprint density at radius 3 is 2.05 bits per heavy atom. The van der Waals surface area contributed by atoms with E-state index >= 15 is 0 Å². The zero-order valence-corrected chi connectivity index (χ0v) is 12.3. The van der Waals surface area contributed by atoms with Gasteiger partial charge in [0.1, 0.15) is 11.6 Å². The van der Waals surface area contributed by atoms with Crippen molar-refractivity contribution in [1.82, 2.24) is 0 Å². The second kappa shape index (κ2) is 6.10. The standard InChI is InChI=1S/C20H16F2/c1-2-14-7-12-19(20(22)13-14)18-6-4-3-5-17(18)15-8-10-16(21)11-9-15/h3-13H,2H2,1H3. The molecule has 0 saturated carbocycles. The summed E-state index contributed by atoms with van der Waals surface area (Å²) >= 11 is 0. The molecule has 0 aliphatic carbocycles. The monoisotopic (exact) mass is 294 g/mol. The number of aryl methyl sites for hydroxylation is 1. The number of rotatable bonds is 3. The third kappa shape index (κ3) is 2.77. The maximum absolute atomic E-state index is 14.4. The van der Waals surface area contributed by atoms with Crippen molar-refractivity contribution in [2.24, 2.45) is 0 Å². The summed E-state index contributed by atoms with van der Waals surface area (Å²) in [5.74, 6) is -0.506. The Hall–Kier alpha value is -2.48. The van der Waals surface area contributed by atoms with E-state index in [1.54, 1.807) is 18.2 Å². The van der Waals surface area contributed by atoms with Crippen LogP contribution in [0.1, 0.15) is 12.5 Å². The Bertz CT molecular complexity index is 789. The van der Waals surface area contributed by atoms with Gasteiger partial charge in [-0.15, -0.1) is 0 Å². The van der Waals surface area contributed by atoms with Crippen LogP contribution in [-0.4, -0.2) is 0 Å². The van der Waals surface area contributed by atoms with Crippen molar-refractivity contribution < 1.29 is 8.78 Å². The molecule has 0 N–H and O–H groups in total. The lowest BCUT2D eigenvalue weighted by Gasteiger charge is -2.12. The zero-order chi connectivity index (χ0) is 15.5. The van der Waals surface area contributed by atoms with E-state index in [0.717, 1.165) is 28.7 Å². The van der Waals surface area contributed by atoms with Gasteiger partial charge >= 0.3 is 0 Å². The summed E-state index contributed by atoms with van der Waals surface area (Å²) in [6, 6.07) is 19.2. The van der Waals surface area contributed by atoms with Crippen LogP contribution in [0.15, 0.2) is 66.7 Å². The fraction of sp³-hybridized carbons (Fsp3) is 0.100. The van der Waals surface area contributed by atoms with Crippen LogP contribution in [-0.2, 0) is 6.42 Å². The third-order valence-corrected chi connectivity index (χ3v) is 3.81. The van der Waals surface area contributed by atoms with E-state index in [4.69, 9.17) is 0 Å². The fourth-order valence-corrected chi connectivity index (χ4v) is 2.60. The summed E-state index contributed by atoms with van der Waals surface area (Å²) in [7, 11) is 0. The molecule has 0 spiro atoms. The van der Waals surface area contributed by atoms with Crippen molar-refractivity contribution in [3.05, 3.63) is 83.9 Å². The minimum Gasteiger partial charge on any atom is -0.207 e. The summed E-state index contributed by atoms with van der Waals surface area (Å²) in [5, 5.41) is 0. The molecule has 0 nitrogen and oxygen atoms in total. The number of benzene rings is 3. The molecule has 0 atom stereocenters. The lowest BCUT2D eigenvalue weighted by Crippen LogP contribution is -1.91. The van der Waals surface area contributed by atoms with Crippen molar-refractivity contribution in [3.8, 4) is 22.3 Å². The van der Waals surface area contributed by atoms with Crippen molar-refractivity contribution >= 4 is 0 Å². The van der Waals surface area contributed by atoms with E-state index in [9.17, 15) is 8.78 Å². The fourth-order valence-electron chi connectivity index (χ4n) is 2.60. The first-order valence-corrected chi connectivity index (χ1v) is 7.33. The normalized spacial score (nSPS) is 10.7. The van der Waals surface area contributed by atoms with E-state index in [-0.39, 0.29) is 11.6 Å². The van der Waals surface area contributed by atoms with E-state index in [2.05, 4.69) is 0 Å². The van der Waals surface area contributed by atoms with Crippen LogP contribution >= 0.6 is 0 Å². The molecular weight excluding hydrogens is 278 g/mol. The second-order valence-electron chi connectivity index (χ2n) is 5.22. The SMILES string of the molecule is CCc1ccc(-c2ccccc2-c2ccc(F)cc2)c(F)c1. The first-order chi connectivity index (χ1) is 10.7. The maximum atomic E-state index is 14.4. The molecule has 0 bridgehead atoms. The molecule has 0 saturated heterocycles. The minimum absolute atomic E-state index is 0.228. The van der Waals surface area contributed by atoms with Gasteiger partial charge in [0.2, 0.25) is 0 Å². The molecule has 3 aromatic rings. The average molecular weight is 294 g/mol. The number of halogens is 2. The molecule has 0 heterocycles. The molecule has 0 aromatic heterocycles. The molecule has 22 heavy (non-hydrogen) atoms. The van der Waals surface area contributed by atoms with Crippen LogP contribution in [0.2, 0.25) is 0 Å². The molecule has 0 aliphatic rings. The summed E-state index contributed by atoms with van der Waals surface area (Å²) in [4.78, 5) is 0. The van der Waals surface area contributed by atoms with Gasteiger partial charge in [0.25, 0.3) is 0 Å². The van der Waals surface area contributed by atoms with E-state index in [0.29, 0.717) is 5.56 Å². The van der Waals surface area contributed by atoms with Crippen LogP contribution in [0.5, 0.6) is 0 Å². The van der Waals surface area contributed by atoms with Crippen molar-refractivity contribution in [2.75, 3.05) is 0 Å². The van der Waals surface area contributed by atoms with Gasteiger partial charge in [0.05, 0.1) is 0 Å². The van der Waals surface area contributed by atoms with Gasteiger partial charge in [-0.05, 0) is 46.9 Å². The molecule has 0 amide bonds. The van der Waals surface area contributed by atoms with Crippen LogP contribution in [0.4, 0.5) is 8.78 Å². The Balaban J connectivity index is 2.14. The topological polar surface area (TPSA) is 0 Å². The molecule has 2 heteroatoms. The third-order valence-electron chi connectivity index (χ3n) is 3.81. The van der Waals surface area contributed by atoms with E-state index in [1.165, 1.54) is 12.1 Å². The van der Waals surface area contributed by atoms with Gasteiger partial charge in [-0.3, -0.25) is 0 Å². The molecular formula is C20H16F2. The van der Waals surface area contributed by atoms with Crippen LogP contribution < -0.4 is 0 Å². The molecule has 0 unspecified atom stereocenters.